The Bertz CT molecular complexity index is 921. The Hall–Kier alpha value is -2.60. The molecule has 0 aliphatic carbocycles. The number of para-hydroxylation sites is 1. The minimum atomic E-state index is -0.304. The van der Waals surface area contributed by atoms with Gasteiger partial charge in [0.1, 0.15) is 5.82 Å². The summed E-state index contributed by atoms with van der Waals surface area (Å²) in [6.45, 7) is 7.82. The van der Waals surface area contributed by atoms with Crippen LogP contribution in [-0.4, -0.2) is 25.9 Å². The summed E-state index contributed by atoms with van der Waals surface area (Å²) in [5, 5.41) is 11.8. The monoisotopic (exact) mass is 366 g/mol. The lowest BCUT2D eigenvalue weighted by Gasteiger charge is -2.14. The number of nitrogens with zero attached hydrogens (tertiary/aromatic N) is 3. The predicted molar refractivity (Wildman–Crippen MR) is 106 cm³/mol. The Morgan fingerprint density at radius 3 is 2.50 bits per heavy atom. The number of hydrogen-bond donors (Lipinski definition) is 1. The van der Waals surface area contributed by atoms with Crippen LogP contribution in [0.4, 0.5) is 5.69 Å². The molecule has 1 N–H and O–H groups in total. The fraction of sp³-hybridized carbons (Fsp3) is 0.250. The molecular weight excluding hydrogens is 344 g/mol. The summed E-state index contributed by atoms with van der Waals surface area (Å²) >= 11 is 1.40. The van der Waals surface area contributed by atoms with Crippen LogP contribution in [0.5, 0.6) is 0 Å². The van der Waals surface area contributed by atoms with E-state index < -0.39 is 0 Å². The maximum atomic E-state index is 12.6. The van der Waals surface area contributed by atoms with E-state index in [1.165, 1.54) is 17.3 Å². The first-order valence-corrected chi connectivity index (χ1v) is 9.36. The van der Waals surface area contributed by atoms with Gasteiger partial charge in [-0.25, -0.2) is 0 Å². The highest BCUT2D eigenvalue weighted by Gasteiger charge is 2.20. The number of aryl methyl sites for hydroxylation is 3. The van der Waals surface area contributed by atoms with E-state index in [9.17, 15) is 4.79 Å². The summed E-state index contributed by atoms with van der Waals surface area (Å²) in [4.78, 5) is 12.6. The molecule has 0 unspecified atom stereocenters. The molecule has 0 aliphatic heterocycles. The third-order valence-corrected chi connectivity index (χ3v) is 5.14. The van der Waals surface area contributed by atoms with E-state index in [0.717, 1.165) is 22.8 Å². The second-order valence-corrected chi connectivity index (χ2v) is 7.58. The zero-order chi connectivity index (χ0) is 18.7. The number of hydrogen-bond acceptors (Lipinski definition) is 4. The van der Waals surface area contributed by atoms with E-state index >= 15 is 0 Å². The standard InChI is InChI=1S/C20H22N4OS/c1-13-10-11-18(14(2)12-13)21-19(25)15(3)26-20-23-22-16(4)24(20)17-8-6-5-7-9-17/h5-12,15H,1-4H3,(H,21,25)/t15-/m0/s1. The van der Waals surface area contributed by atoms with Gasteiger partial charge in [-0.1, -0.05) is 47.7 Å². The molecule has 0 aliphatic rings. The predicted octanol–water partition coefficient (Wildman–Crippen LogP) is 4.31. The normalized spacial score (nSPS) is 12.0. The molecule has 1 atom stereocenters. The molecule has 1 heterocycles. The van der Waals surface area contributed by atoms with Crippen molar-refractivity contribution in [3.8, 4) is 5.69 Å². The molecule has 134 valence electrons. The second kappa shape index (κ2) is 7.74. The van der Waals surface area contributed by atoms with Crippen LogP contribution in [0.25, 0.3) is 5.69 Å². The lowest BCUT2D eigenvalue weighted by molar-refractivity contribution is -0.115. The van der Waals surface area contributed by atoms with Gasteiger partial charge in [-0.3, -0.25) is 9.36 Å². The minimum Gasteiger partial charge on any atom is -0.325 e. The number of nitrogens with one attached hydrogen (secondary N) is 1. The molecule has 3 aromatic rings. The first-order chi connectivity index (χ1) is 12.5. The summed E-state index contributed by atoms with van der Waals surface area (Å²) in [6.07, 6.45) is 0. The second-order valence-electron chi connectivity index (χ2n) is 6.27. The lowest BCUT2D eigenvalue weighted by Crippen LogP contribution is -2.23. The Morgan fingerprint density at radius 1 is 1.08 bits per heavy atom. The molecule has 6 heteroatoms. The minimum absolute atomic E-state index is 0.0535. The fourth-order valence-electron chi connectivity index (χ4n) is 2.69. The summed E-state index contributed by atoms with van der Waals surface area (Å²) in [5.74, 6) is 0.739. The van der Waals surface area contributed by atoms with E-state index in [2.05, 4.69) is 21.6 Å². The van der Waals surface area contributed by atoms with Gasteiger partial charge in [-0.2, -0.15) is 0 Å². The van der Waals surface area contributed by atoms with Crippen molar-refractivity contribution < 1.29 is 4.79 Å². The van der Waals surface area contributed by atoms with Gasteiger partial charge in [0.25, 0.3) is 0 Å². The van der Waals surface area contributed by atoms with Crippen molar-refractivity contribution in [2.24, 2.45) is 0 Å². The van der Waals surface area contributed by atoms with E-state index in [-0.39, 0.29) is 11.2 Å². The van der Waals surface area contributed by atoms with E-state index in [1.54, 1.807) is 0 Å². The first-order valence-electron chi connectivity index (χ1n) is 8.48. The highest BCUT2D eigenvalue weighted by atomic mass is 32.2. The van der Waals surface area contributed by atoms with Crippen LogP contribution >= 0.6 is 11.8 Å². The van der Waals surface area contributed by atoms with Gasteiger partial charge >= 0.3 is 0 Å². The molecule has 1 amide bonds. The SMILES string of the molecule is Cc1ccc(NC(=O)[C@H](C)Sc2nnc(C)n2-c2ccccc2)c(C)c1. The molecule has 0 bridgehead atoms. The smallest absolute Gasteiger partial charge is 0.237 e. The third kappa shape index (κ3) is 3.96. The molecule has 1 aromatic heterocycles. The van der Waals surface area contributed by atoms with E-state index in [0.29, 0.717) is 5.16 Å². The average Bonchev–Trinajstić information content (AvgIpc) is 2.98. The summed E-state index contributed by atoms with van der Waals surface area (Å²) < 4.78 is 1.96. The number of anilines is 1. The Balaban J connectivity index is 1.76. The van der Waals surface area contributed by atoms with Gasteiger partial charge in [0.15, 0.2) is 5.16 Å². The van der Waals surface area contributed by atoms with E-state index in [4.69, 9.17) is 0 Å². The number of benzene rings is 2. The molecular formula is C20H22N4OS. The third-order valence-electron chi connectivity index (χ3n) is 4.10. The van der Waals surface area contributed by atoms with Crippen LogP contribution in [0.3, 0.4) is 0 Å². The van der Waals surface area contributed by atoms with Crippen molar-refractivity contribution >= 4 is 23.4 Å². The van der Waals surface area contributed by atoms with Crippen LogP contribution < -0.4 is 5.32 Å². The topological polar surface area (TPSA) is 59.8 Å². The van der Waals surface area contributed by atoms with E-state index in [1.807, 2.05) is 74.7 Å². The lowest BCUT2D eigenvalue weighted by atomic mass is 10.1. The van der Waals surface area contributed by atoms with Crippen LogP contribution in [0.1, 0.15) is 23.9 Å². The Kier molecular flexibility index (Phi) is 5.42. The molecule has 26 heavy (non-hydrogen) atoms. The molecule has 2 aromatic carbocycles. The van der Waals surface area contributed by atoms with Gasteiger partial charge in [-0.05, 0) is 51.5 Å². The maximum absolute atomic E-state index is 12.6. The van der Waals surface area contributed by atoms with Crippen molar-refractivity contribution in [2.75, 3.05) is 5.32 Å². The van der Waals surface area contributed by atoms with Crippen molar-refractivity contribution in [1.82, 2.24) is 14.8 Å². The summed E-state index contributed by atoms with van der Waals surface area (Å²) in [7, 11) is 0. The van der Waals surface area contributed by atoms with Gasteiger partial charge in [0.05, 0.1) is 5.25 Å². The largest absolute Gasteiger partial charge is 0.325 e. The van der Waals surface area contributed by atoms with Gasteiger partial charge < -0.3 is 5.32 Å². The fourth-order valence-corrected chi connectivity index (χ4v) is 3.61. The zero-order valence-corrected chi connectivity index (χ0v) is 16.2. The summed E-state index contributed by atoms with van der Waals surface area (Å²) in [6, 6.07) is 15.9. The number of amides is 1. The maximum Gasteiger partial charge on any atom is 0.237 e. The van der Waals surface area contributed by atoms with Crippen LogP contribution in [0, 0.1) is 20.8 Å². The van der Waals surface area contributed by atoms with Crippen LogP contribution in [0.2, 0.25) is 0 Å². The highest BCUT2D eigenvalue weighted by Crippen LogP contribution is 2.26. The summed E-state index contributed by atoms with van der Waals surface area (Å²) in [5.41, 5.74) is 4.06. The molecule has 0 saturated carbocycles. The zero-order valence-electron chi connectivity index (χ0n) is 15.4. The van der Waals surface area contributed by atoms with Crippen molar-refractivity contribution in [2.45, 2.75) is 38.1 Å². The van der Waals surface area contributed by atoms with Crippen LogP contribution in [-0.2, 0) is 4.79 Å². The van der Waals surface area contributed by atoms with Crippen molar-refractivity contribution in [3.63, 3.8) is 0 Å². The number of carbonyl (C=O) groups excluding carboxylic acids is 1. The van der Waals surface area contributed by atoms with Gasteiger partial charge in [-0.15, -0.1) is 10.2 Å². The molecule has 5 nitrogen and oxygen atoms in total. The molecule has 0 saturated heterocycles. The number of rotatable bonds is 5. The molecule has 0 radical (unpaired) electrons. The first kappa shape index (κ1) is 18.2. The molecule has 3 rings (SSSR count). The van der Waals surface area contributed by atoms with Gasteiger partial charge in [0.2, 0.25) is 5.91 Å². The van der Waals surface area contributed by atoms with Gasteiger partial charge in [0, 0.05) is 11.4 Å². The van der Waals surface area contributed by atoms with Crippen molar-refractivity contribution in [3.05, 3.63) is 65.5 Å². The van der Waals surface area contributed by atoms with Crippen molar-refractivity contribution in [1.29, 1.82) is 0 Å². The Labute approximate surface area is 157 Å². The molecule has 0 spiro atoms. The molecule has 0 fully saturated rings. The number of thioether (sulfide) groups is 1. The quantitative estimate of drug-likeness (QED) is 0.684. The Morgan fingerprint density at radius 2 is 1.81 bits per heavy atom. The highest BCUT2D eigenvalue weighted by molar-refractivity contribution is 8.00. The number of carbonyl (C=O) groups is 1. The van der Waals surface area contributed by atoms with Crippen LogP contribution in [0.15, 0.2) is 53.7 Å². The number of aromatic nitrogens is 3. The average molecular weight is 366 g/mol.